The molecule has 1 N–H and O–H groups in total. The summed E-state index contributed by atoms with van der Waals surface area (Å²) in [5.41, 5.74) is 1.29. The number of hydrogen-bond acceptors (Lipinski definition) is 2. The zero-order chi connectivity index (χ0) is 12.5. The summed E-state index contributed by atoms with van der Waals surface area (Å²) in [6.07, 6.45) is 10.8. The molecule has 2 aliphatic rings. The van der Waals surface area contributed by atoms with E-state index in [0.717, 1.165) is 18.6 Å². The van der Waals surface area contributed by atoms with Crippen LogP contribution < -0.4 is 5.32 Å². The summed E-state index contributed by atoms with van der Waals surface area (Å²) in [6, 6.07) is 0.898. The highest BCUT2D eigenvalue weighted by Crippen LogP contribution is 2.25. The summed E-state index contributed by atoms with van der Waals surface area (Å²) in [6.45, 7) is 8.65. The Balaban J connectivity index is 2.15. The van der Waals surface area contributed by atoms with Crippen LogP contribution in [0.2, 0.25) is 0 Å². The molecule has 0 saturated carbocycles. The molecule has 2 atom stereocenters. The van der Waals surface area contributed by atoms with Gasteiger partial charge in [-0.1, -0.05) is 19.1 Å². The summed E-state index contributed by atoms with van der Waals surface area (Å²) < 4.78 is 6.06. The van der Waals surface area contributed by atoms with Crippen molar-refractivity contribution in [2.24, 2.45) is 0 Å². The third kappa shape index (κ3) is 3.22. The molecule has 0 aromatic carbocycles. The molecule has 1 heterocycles. The van der Waals surface area contributed by atoms with Gasteiger partial charge in [0.2, 0.25) is 0 Å². The Bertz CT molecular complexity index is 376. The van der Waals surface area contributed by atoms with Crippen molar-refractivity contribution in [2.45, 2.75) is 58.2 Å². The number of hydrogen-bond donors (Lipinski definition) is 1. The Morgan fingerprint density at radius 3 is 2.94 bits per heavy atom. The maximum atomic E-state index is 6.06. The Kier molecular flexibility index (Phi) is 3.43. The monoisotopic (exact) mass is 233 g/mol. The minimum absolute atomic E-state index is 0.0891. The van der Waals surface area contributed by atoms with Crippen molar-refractivity contribution in [1.82, 2.24) is 5.32 Å². The van der Waals surface area contributed by atoms with E-state index in [0.29, 0.717) is 12.1 Å². The van der Waals surface area contributed by atoms with Gasteiger partial charge in [-0.15, -0.1) is 0 Å². The van der Waals surface area contributed by atoms with Crippen LogP contribution in [0, 0.1) is 0 Å². The quantitative estimate of drug-likeness (QED) is 0.807. The fraction of sp³-hybridized carbons (Fsp3) is 0.600. The summed E-state index contributed by atoms with van der Waals surface area (Å²) in [4.78, 5) is 0. The van der Waals surface area contributed by atoms with Crippen molar-refractivity contribution in [1.29, 1.82) is 0 Å². The molecule has 1 aliphatic carbocycles. The van der Waals surface area contributed by atoms with Gasteiger partial charge in [-0.3, -0.25) is 0 Å². The van der Waals surface area contributed by atoms with Crippen molar-refractivity contribution < 1.29 is 4.74 Å². The first kappa shape index (κ1) is 12.4. The second-order valence-corrected chi connectivity index (χ2v) is 5.66. The molecule has 2 heteroatoms. The molecule has 2 nitrogen and oxygen atoms in total. The maximum absolute atomic E-state index is 6.06. The van der Waals surface area contributed by atoms with Crippen LogP contribution in [0.15, 0.2) is 35.6 Å². The number of ether oxygens (including phenoxy) is 1. The zero-order valence-electron chi connectivity index (χ0n) is 11.3. The molecule has 2 unspecified atom stereocenters. The molecule has 0 amide bonds. The van der Waals surface area contributed by atoms with Gasteiger partial charge in [0.25, 0.3) is 0 Å². The molecule has 2 bridgehead atoms. The van der Waals surface area contributed by atoms with Crippen LogP contribution in [0.25, 0.3) is 0 Å². The first-order chi connectivity index (χ1) is 7.98. The highest BCUT2D eigenvalue weighted by molar-refractivity contribution is 5.36. The number of nitrogens with one attached hydrogen (secondary N) is 1. The van der Waals surface area contributed by atoms with E-state index in [2.05, 4.69) is 57.3 Å². The average Bonchev–Trinajstić information content (AvgIpc) is 2.37. The van der Waals surface area contributed by atoms with Gasteiger partial charge in [0.1, 0.15) is 11.4 Å². The van der Waals surface area contributed by atoms with E-state index in [1.54, 1.807) is 0 Å². The van der Waals surface area contributed by atoms with Crippen molar-refractivity contribution in [3.05, 3.63) is 35.6 Å². The molecule has 94 valence electrons. The normalized spacial score (nSPS) is 28.2. The van der Waals surface area contributed by atoms with Crippen LogP contribution in [-0.2, 0) is 4.74 Å². The van der Waals surface area contributed by atoms with Crippen LogP contribution >= 0.6 is 0 Å². The highest BCUT2D eigenvalue weighted by atomic mass is 16.5. The van der Waals surface area contributed by atoms with Gasteiger partial charge >= 0.3 is 0 Å². The van der Waals surface area contributed by atoms with E-state index in [4.69, 9.17) is 4.74 Å². The summed E-state index contributed by atoms with van der Waals surface area (Å²) >= 11 is 0. The summed E-state index contributed by atoms with van der Waals surface area (Å²) in [7, 11) is 0. The first-order valence-corrected chi connectivity index (χ1v) is 6.54. The fourth-order valence-electron chi connectivity index (χ4n) is 2.19. The van der Waals surface area contributed by atoms with Gasteiger partial charge in [0.15, 0.2) is 0 Å². The molecule has 2 rings (SSSR count). The molecule has 0 spiro atoms. The SMILES string of the molecule is CCC(C)(C)OC1=CC2=CC(C=C1)NC(C)C2. The highest BCUT2D eigenvalue weighted by Gasteiger charge is 2.21. The minimum atomic E-state index is -0.0891. The van der Waals surface area contributed by atoms with E-state index in [1.807, 2.05) is 0 Å². The van der Waals surface area contributed by atoms with Gasteiger partial charge < -0.3 is 10.1 Å². The van der Waals surface area contributed by atoms with E-state index in [9.17, 15) is 0 Å². The molecule has 0 aromatic rings. The summed E-state index contributed by atoms with van der Waals surface area (Å²) in [5, 5.41) is 3.53. The molecule has 0 fully saturated rings. The van der Waals surface area contributed by atoms with Crippen LogP contribution in [0.1, 0.15) is 40.5 Å². The van der Waals surface area contributed by atoms with Crippen LogP contribution in [0.3, 0.4) is 0 Å². The van der Waals surface area contributed by atoms with Gasteiger partial charge in [-0.25, -0.2) is 0 Å². The third-order valence-electron chi connectivity index (χ3n) is 3.45. The first-order valence-electron chi connectivity index (χ1n) is 6.54. The van der Waals surface area contributed by atoms with E-state index in [1.165, 1.54) is 5.57 Å². The second-order valence-electron chi connectivity index (χ2n) is 5.66. The van der Waals surface area contributed by atoms with Gasteiger partial charge in [0.05, 0.1) is 0 Å². The lowest BCUT2D eigenvalue weighted by molar-refractivity contribution is 0.0387. The number of rotatable bonds is 3. The largest absolute Gasteiger partial charge is 0.488 e. The number of fused-ring (bicyclic) bond motifs is 1. The van der Waals surface area contributed by atoms with Gasteiger partial charge in [-0.05, 0) is 51.3 Å². The lowest BCUT2D eigenvalue weighted by Crippen LogP contribution is -2.37. The Morgan fingerprint density at radius 1 is 1.47 bits per heavy atom. The van der Waals surface area contributed by atoms with Crippen molar-refractivity contribution >= 4 is 0 Å². The predicted octanol–water partition coefficient (Wildman–Crippen LogP) is 3.32. The van der Waals surface area contributed by atoms with E-state index >= 15 is 0 Å². The van der Waals surface area contributed by atoms with E-state index in [-0.39, 0.29) is 5.60 Å². The van der Waals surface area contributed by atoms with Crippen molar-refractivity contribution in [3.8, 4) is 0 Å². The Morgan fingerprint density at radius 2 is 2.24 bits per heavy atom. The van der Waals surface area contributed by atoms with Gasteiger partial charge in [-0.2, -0.15) is 0 Å². The lowest BCUT2D eigenvalue weighted by Gasteiger charge is -2.25. The molecule has 0 radical (unpaired) electrons. The summed E-state index contributed by atoms with van der Waals surface area (Å²) in [5.74, 6) is 0.988. The molecule has 0 saturated heterocycles. The van der Waals surface area contributed by atoms with Crippen LogP contribution in [-0.4, -0.2) is 17.7 Å². The van der Waals surface area contributed by atoms with Crippen LogP contribution in [0.4, 0.5) is 0 Å². The standard InChI is InChI=1S/C15H23NO/c1-5-15(3,4)17-14-7-6-13-9-12(10-14)8-11(2)16-13/h6-7,9-11,13,16H,5,8H2,1-4H3. The van der Waals surface area contributed by atoms with Crippen molar-refractivity contribution in [2.75, 3.05) is 0 Å². The van der Waals surface area contributed by atoms with Gasteiger partial charge in [0, 0.05) is 12.1 Å². The van der Waals surface area contributed by atoms with Crippen molar-refractivity contribution in [3.63, 3.8) is 0 Å². The predicted molar refractivity (Wildman–Crippen MR) is 71.8 cm³/mol. The lowest BCUT2D eigenvalue weighted by atomic mass is 10.00. The smallest absolute Gasteiger partial charge is 0.120 e. The molecule has 0 aromatic heterocycles. The zero-order valence-corrected chi connectivity index (χ0v) is 11.3. The molecule has 1 aliphatic heterocycles. The third-order valence-corrected chi connectivity index (χ3v) is 3.45. The minimum Gasteiger partial charge on any atom is -0.488 e. The number of allylic oxidation sites excluding steroid dienone is 2. The average molecular weight is 233 g/mol. The second kappa shape index (κ2) is 4.69. The Labute approximate surface area is 104 Å². The fourth-order valence-corrected chi connectivity index (χ4v) is 2.19. The van der Waals surface area contributed by atoms with Crippen LogP contribution in [0.5, 0.6) is 0 Å². The molecular weight excluding hydrogens is 210 g/mol. The molecular formula is C15H23NO. The Hall–Kier alpha value is -1.02. The maximum Gasteiger partial charge on any atom is 0.120 e. The van der Waals surface area contributed by atoms with E-state index < -0.39 is 0 Å². The topological polar surface area (TPSA) is 21.3 Å². The molecule has 17 heavy (non-hydrogen) atoms.